The van der Waals surface area contributed by atoms with Gasteiger partial charge in [0.2, 0.25) is 5.16 Å². The molecule has 0 saturated heterocycles. The SMILES string of the molecule is Cc1ccccc1-n1c(C)nnc1Sc1ncccc1[N+](=O)[O-]. The largest absolute Gasteiger partial charge is 0.301 e. The Morgan fingerprint density at radius 2 is 1.91 bits per heavy atom. The van der Waals surface area contributed by atoms with Gasteiger partial charge in [-0.2, -0.15) is 0 Å². The van der Waals surface area contributed by atoms with E-state index in [-0.39, 0.29) is 5.69 Å². The van der Waals surface area contributed by atoms with Crippen molar-refractivity contribution in [2.75, 3.05) is 0 Å². The number of para-hydroxylation sites is 1. The molecule has 0 amide bonds. The van der Waals surface area contributed by atoms with Gasteiger partial charge in [-0.3, -0.25) is 14.7 Å². The fraction of sp³-hybridized carbons (Fsp3) is 0.133. The maximum absolute atomic E-state index is 11.1. The highest BCUT2D eigenvalue weighted by molar-refractivity contribution is 7.99. The van der Waals surface area contributed by atoms with Crippen LogP contribution >= 0.6 is 11.8 Å². The number of aromatic nitrogens is 4. The topological polar surface area (TPSA) is 86.7 Å². The van der Waals surface area contributed by atoms with Crippen molar-refractivity contribution in [2.24, 2.45) is 0 Å². The smallest absolute Gasteiger partial charge is 0.274 e. The van der Waals surface area contributed by atoms with Crippen LogP contribution < -0.4 is 0 Å². The van der Waals surface area contributed by atoms with E-state index < -0.39 is 4.92 Å². The summed E-state index contributed by atoms with van der Waals surface area (Å²) in [4.78, 5) is 14.8. The van der Waals surface area contributed by atoms with Crippen LogP contribution in [0.1, 0.15) is 11.4 Å². The Balaban J connectivity index is 2.07. The summed E-state index contributed by atoms with van der Waals surface area (Å²) in [5.41, 5.74) is 1.96. The van der Waals surface area contributed by atoms with E-state index in [1.54, 1.807) is 6.07 Å². The number of nitro groups is 1. The lowest BCUT2D eigenvalue weighted by Gasteiger charge is -2.10. The van der Waals surface area contributed by atoms with Gasteiger partial charge >= 0.3 is 5.69 Å². The molecule has 116 valence electrons. The van der Waals surface area contributed by atoms with Crippen molar-refractivity contribution in [3.05, 3.63) is 64.1 Å². The quantitative estimate of drug-likeness (QED) is 0.539. The van der Waals surface area contributed by atoms with Crippen LogP contribution in [-0.2, 0) is 0 Å². The van der Waals surface area contributed by atoms with E-state index in [2.05, 4.69) is 15.2 Å². The molecule has 7 nitrogen and oxygen atoms in total. The van der Waals surface area contributed by atoms with E-state index in [0.29, 0.717) is 16.0 Å². The molecule has 0 atom stereocenters. The predicted octanol–water partition coefficient (Wildman–Crippen LogP) is 3.34. The standard InChI is InChI=1S/C15H13N5O2S/c1-10-6-3-4-7-12(10)19-11(2)17-18-15(19)23-14-13(20(21)22)8-5-9-16-14/h3-9H,1-2H3. The van der Waals surface area contributed by atoms with Crippen molar-refractivity contribution < 1.29 is 4.92 Å². The summed E-state index contributed by atoms with van der Waals surface area (Å²) >= 11 is 1.13. The number of pyridine rings is 1. The van der Waals surface area contributed by atoms with Crippen molar-refractivity contribution in [3.8, 4) is 5.69 Å². The molecule has 0 aliphatic heterocycles. The first-order valence-electron chi connectivity index (χ1n) is 6.83. The molecular formula is C15H13N5O2S. The van der Waals surface area contributed by atoms with Gasteiger partial charge in [0.15, 0.2) is 5.03 Å². The lowest BCUT2D eigenvalue weighted by atomic mass is 10.2. The summed E-state index contributed by atoms with van der Waals surface area (Å²) in [6.45, 7) is 3.84. The fourth-order valence-electron chi connectivity index (χ4n) is 2.19. The number of rotatable bonds is 4. The van der Waals surface area contributed by atoms with Crippen LogP contribution in [0.5, 0.6) is 0 Å². The zero-order valence-electron chi connectivity index (χ0n) is 12.5. The molecule has 0 aliphatic rings. The van der Waals surface area contributed by atoms with Crippen LogP contribution in [-0.4, -0.2) is 24.7 Å². The van der Waals surface area contributed by atoms with E-state index in [1.165, 1.54) is 12.3 Å². The second-order valence-corrected chi connectivity index (χ2v) is 5.79. The van der Waals surface area contributed by atoms with Crippen LogP contribution in [0.25, 0.3) is 5.69 Å². The molecule has 0 radical (unpaired) electrons. The minimum Gasteiger partial charge on any atom is -0.274 e. The van der Waals surface area contributed by atoms with Crippen molar-refractivity contribution in [3.63, 3.8) is 0 Å². The Hall–Kier alpha value is -2.74. The maximum Gasteiger partial charge on any atom is 0.301 e. The zero-order chi connectivity index (χ0) is 16.4. The van der Waals surface area contributed by atoms with Gasteiger partial charge in [-0.1, -0.05) is 18.2 Å². The normalized spacial score (nSPS) is 10.7. The highest BCUT2D eigenvalue weighted by Crippen LogP contribution is 2.33. The molecule has 23 heavy (non-hydrogen) atoms. The first-order valence-corrected chi connectivity index (χ1v) is 7.65. The average Bonchev–Trinajstić information content (AvgIpc) is 2.89. The Bertz CT molecular complexity index is 878. The third kappa shape index (κ3) is 2.93. The average molecular weight is 327 g/mol. The lowest BCUT2D eigenvalue weighted by molar-refractivity contribution is -0.388. The van der Waals surface area contributed by atoms with Crippen LogP contribution in [0.3, 0.4) is 0 Å². The molecule has 0 N–H and O–H groups in total. The summed E-state index contributed by atoms with van der Waals surface area (Å²) < 4.78 is 1.87. The Morgan fingerprint density at radius 1 is 1.13 bits per heavy atom. The van der Waals surface area contributed by atoms with E-state index >= 15 is 0 Å². The molecule has 0 aliphatic carbocycles. The molecule has 0 fully saturated rings. The van der Waals surface area contributed by atoms with Crippen molar-refractivity contribution in [1.82, 2.24) is 19.7 Å². The van der Waals surface area contributed by atoms with Crippen molar-refractivity contribution in [2.45, 2.75) is 24.0 Å². The molecule has 3 rings (SSSR count). The lowest BCUT2D eigenvalue weighted by Crippen LogP contribution is -2.02. The predicted molar refractivity (Wildman–Crippen MR) is 85.8 cm³/mol. The van der Waals surface area contributed by atoms with E-state index in [4.69, 9.17) is 0 Å². The van der Waals surface area contributed by atoms with Gasteiger partial charge in [-0.25, -0.2) is 4.98 Å². The molecule has 2 aromatic heterocycles. The van der Waals surface area contributed by atoms with E-state index in [9.17, 15) is 10.1 Å². The van der Waals surface area contributed by atoms with E-state index in [1.807, 2.05) is 42.7 Å². The molecule has 3 aromatic rings. The van der Waals surface area contributed by atoms with Gasteiger partial charge in [0.05, 0.1) is 10.6 Å². The van der Waals surface area contributed by atoms with Gasteiger partial charge in [0.25, 0.3) is 0 Å². The minimum absolute atomic E-state index is 0.0468. The summed E-state index contributed by atoms with van der Waals surface area (Å²) in [6.07, 6.45) is 1.52. The second-order valence-electron chi connectivity index (χ2n) is 4.84. The number of benzene rings is 1. The number of hydrogen-bond donors (Lipinski definition) is 0. The van der Waals surface area contributed by atoms with Gasteiger partial charge < -0.3 is 0 Å². The van der Waals surface area contributed by atoms with Gasteiger partial charge in [-0.15, -0.1) is 10.2 Å². The Kier molecular flexibility index (Phi) is 4.07. The molecule has 0 saturated carbocycles. The highest BCUT2D eigenvalue weighted by atomic mass is 32.2. The Morgan fingerprint density at radius 3 is 2.65 bits per heavy atom. The summed E-state index contributed by atoms with van der Waals surface area (Å²) in [5.74, 6) is 0.709. The fourth-order valence-corrected chi connectivity index (χ4v) is 3.12. The molecule has 0 bridgehead atoms. The summed E-state index contributed by atoms with van der Waals surface area (Å²) in [7, 11) is 0. The second kappa shape index (κ2) is 6.17. The Labute approximate surface area is 136 Å². The van der Waals surface area contributed by atoms with Crippen LogP contribution in [0.4, 0.5) is 5.69 Å². The van der Waals surface area contributed by atoms with Gasteiger partial charge in [-0.05, 0) is 43.3 Å². The molecule has 0 unspecified atom stereocenters. The number of aryl methyl sites for hydroxylation is 2. The van der Waals surface area contributed by atoms with E-state index in [0.717, 1.165) is 23.0 Å². The first-order chi connectivity index (χ1) is 11.1. The minimum atomic E-state index is -0.448. The maximum atomic E-state index is 11.1. The van der Waals surface area contributed by atoms with Crippen LogP contribution in [0.15, 0.2) is 52.8 Å². The van der Waals surface area contributed by atoms with Gasteiger partial charge in [0, 0.05) is 12.3 Å². The van der Waals surface area contributed by atoms with Crippen LogP contribution in [0.2, 0.25) is 0 Å². The molecule has 2 heterocycles. The summed E-state index contributed by atoms with van der Waals surface area (Å²) in [5, 5.41) is 20.2. The third-order valence-electron chi connectivity index (χ3n) is 3.29. The molecule has 1 aromatic carbocycles. The molecule has 0 spiro atoms. The van der Waals surface area contributed by atoms with Crippen molar-refractivity contribution in [1.29, 1.82) is 0 Å². The number of nitrogens with zero attached hydrogens (tertiary/aromatic N) is 5. The van der Waals surface area contributed by atoms with Gasteiger partial charge in [0.1, 0.15) is 5.82 Å². The highest BCUT2D eigenvalue weighted by Gasteiger charge is 2.20. The molecular weight excluding hydrogens is 314 g/mol. The van der Waals surface area contributed by atoms with Crippen LogP contribution in [0, 0.1) is 24.0 Å². The summed E-state index contributed by atoms with van der Waals surface area (Å²) in [6, 6.07) is 10.8. The van der Waals surface area contributed by atoms with Crippen molar-refractivity contribution >= 4 is 17.4 Å². The number of hydrogen-bond acceptors (Lipinski definition) is 6. The third-order valence-corrected chi connectivity index (χ3v) is 4.24. The first kappa shape index (κ1) is 15.2. The molecule has 8 heteroatoms. The zero-order valence-corrected chi connectivity index (χ0v) is 13.3. The monoisotopic (exact) mass is 327 g/mol.